The fourth-order valence-corrected chi connectivity index (χ4v) is 3.65. The van der Waals surface area contributed by atoms with Gasteiger partial charge in [-0.05, 0) is 44.2 Å². The number of alkyl halides is 2. The van der Waals surface area contributed by atoms with Crippen LogP contribution in [-0.4, -0.2) is 32.2 Å². The molecule has 4 heteroatoms. The van der Waals surface area contributed by atoms with E-state index in [4.69, 9.17) is 4.74 Å². The predicted molar refractivity (Wildman–Crippen MR) is 56.4 cm³/mol. The Bertz CT molecular complexity index is 260. The maximum atomic E-state index is 13.8. The lowest BCUT2D eigenvalue weighted by atomic mass is 9.90. The van der Waals surface area contributed by atoms with Gasteiger partial charge in [-0.2, -0.15) is 0 Å². The van der Waals surface area contributed by atoms with Crippen molar-refractivity contribution >= 4 is 0 Å². The standard InChI is InChI=1S/C12H19F2NO/c13-12(14)10(8-2-5-16-6-3-8)11(12)9-1-4-15-7-9/h8-11,15H,1-7H2. The second-order valence-electron chi connectivity index (χ2n) is 5.43. The van der Waals surface area contributed by atoms with Gasteiger partial charge in [0, 0.05) is 25.0 Å². The molecule has 0 aromatic rings. The normalized spacial score (nSPS) is 43.5. The quantitative estimate of drug-likeness (QED) is 0.783. The highest BCUT2D eigenvalue weighted by Gasteiger charge is 2.72. The summed E-state index contributed by atoms with van der Waals surface area (Å²) in [6.45, 7) is 3.05. The van der Waals surface area contributed by atoms with Crippen LogP contribution in [0, 0.1) is 23.7 Å². The Kier molecular flexibility index (Phi) is 2.67. The minimum atomic E-state index is -2.39. The summed E-state index contributed by atoms with van der Waals surface area (Å²) in [5.74, 6) is -2.66. The van der Waals surface area contributed by atoms with Crippen LogP contribution in [0.25, 0.3) is 0 Å². The largest absolute Gasteiger partial charge is 0.381 e. The van der Waals surface area contributed by atoms with Gasteiger partial charge in [0.25, 0.3) is 5.92 Å². The van der Waals surface area contributed by atoms with Crippen LogP contribution in [0.2, 0.25) is 0 Å². The molecule has 1 aliphatic carbocycles. The molecule has 1 N–H and O–H groups in total. The summed E-state index contributed by atoms with van der Waals surface area (Å²) in [7, 11) is 0. The fraction of sp³-hybridized carbons (Fsp3) is 1.00. The molecule has 0 amide bonds. The molecule has 3 aliphatic rings. The van der Waals surface area contributed by atoms with Crippen molar-refractivity contribution in [3.63, 3.8) is 0 Å². The third-order valence-electron chi connectivity index (χ3n) is 4.55. The van der Waals surface area contributed by atoms with E-state index in [2.05, 4.69) is 5.32 Å². The second kappa shape index (κ2) is 3.91. The van der Waals surface area contributed by atoms with E-state index in [1.807, 2.05) is 0 Å². The van der Waals surface area contributed by atoms with Crippen molar-refractivity contribution in [2.75, 3.05) is 26.3 Å². The molecule has 2 aliphatic heterocycles. The summed E-state index contributed by atoms with van der Waals surface area (Å²) in [6, 6.07) is 0. The zero-order valence-electron chi connectivity index (χ0n) is 9.42. The highest BCUT2D eigenvalue weighted by atomic mass is 19.3. The first-order chi connectivity index (χ1) is 7.71. The van der Waals surface area contributed by atoms with Crippen LogP contribution in [-0.2, 0) is 4.74 Å². The van der Waals surface area contributed by atoms with Gasteiger partial charge in [-0.25, -0.2) is 8.78 Å². The monoisotopic (exact) mass is 231 g/mol. The highest BCUT2D eigenvalue weighted by Crippen LogP contribution is 2.64. The van der Waals surface area contributed by atoms with E-state index in [9.17, 15) is 8.78 Å². The lowest BCUT2D eigenvalue weighted by Crippen LogP contribution is -2.20. The molecule has 2 saturated heterocycles. The van der Waals surface area contributed by atoms with Gasteiger partial charge >= 0.3 is 0 Å². The number of halogens is 2. The van der Waals surface area contributed by atoms with Gasteiger partial charge in [-0.3, -0.25) is 0 Å². The Morgan fingerprint density at radius 2 is 1.69 bits per heavy atom. The van der Waals surface area contributed by atoms with Gasteiger partial charge in [-0.1, -0.05) is 0 Å². The van der Waals surface area contributed by atoms with Crippen molar-refractivity contribution in [2.24, 2.45) is 23.7 Å². The SMILES string of the molecule is FC1(F)C(C2CCOCC2)C1C1CCNC1. The molecule has 0 spiro atoms. The Morgan fingerprint density at radius 3 is 2.31 bits per heavy atom. The molecule has 3 fully saturated rings. The number of rotatable bonds is 2. The van der Waals surface area contributed by atoms with E-state index in [1.54, 1.807) is 0 Å². The Balaban J connectivity index is 1.66. The molecule has 0 bridgehead atoms. The minimum Gasteiger partial charge on any atom is -0.381 e. The van der Waals surface area contributed by atoms with E-state index >= 15 is 0 Å². The number of hydrogen-bond donors (Lipinski definition) is 1. The van der Waals surface area contributed by atoms with Crippen LogP contribution >= 0.6 is 0 Å². The summed E-state index contributed by atoms with van der Waals surface area (Å²) in [6.07, 6.45) is 2.59. The zero-order chi connectivity index (χ0) is 11.2. The van der Waals surface area contributed by atoms with E-state index in [1.165, 1.54) is 0 Å². The molecule has 2 heterocycles. The van der Waals surface area contributed by atoms with Crippen LogP contribution in [0.5, 0.6) is 0 Å². The Labute approximate surface area is 94.7 Å². The first-order valence-electron chi connectivity index (χ1n) is 6.37. The molecular weight excluding hydrogens is 212 g/mol. The van der Waals surface area contributed by atoms with E-state index < -0.39 is 5.92 Å². The second-order valence-corrected chi connectivity index (χ2v) is 5.43. The van der Waals surface area contributed by atoms with Crippen molar-refractivity contribution in [1.82, 2.24) is 5.32 Å². The molecule has 2 nitrogen and oxygen atoms in total. The van der Waals surface area contributed by atoms with Crippen LogP contribution < -0.4 is 5.32 Å². The smallest absolute Gasteiger partial charge is 0.255 e. The third kappa shape index (κ3) is 1.66. The molecule has 3 atom stereocenters. The average molecular weight is 231 g/mol. The number of hydrogen-bond acceptors (Lipinski definition) is 2. The third-order valence-corrected chi connectivity index (χ3v) is 4.55. The summed E-state index contributed by atoms with van der Waals surface area (Å²) in [5, 5.41) is 3.20. The Hall–Kier alpha value is -0.220. The lowest BCUT2D eigenvalue weighted by molar-refractivity contribution is 0.0283. The molecule has 3 rings (SSSR count). The first kappa shape index (κ1) is 10.9. The first-order valence-corrected chi connectivity index (χ1v) is 6.37. The lowest BCUT2D eigenvalue weighted by Gasteiger charge is -2.22. The summed E-state index contributed by atoms with van der Waals surface area (Å²) >= 11 is 0. The van der Waals surface area contributed by atoms with E-state index in [0.29, 0.717) is 13.2 Å². The molecule has 3 unspecified atom stereocenters. The van der Waals surface area contributed by atoms with Gasteiger partial charge in [0.05, 0.1) is 0 Å². The zero-order valence-corrected chi connectivity index (χ0v) is 9.42. The van der Waals surface area contributed by atoms with Gasteiger partial charge in [0.2, 0.25) is 0 Å². The van der Waals surface area contributed by atoms with Crippen molar-refractivity contribution in [1.29, 1.82) is 0 Å². The summed E-state index contributed by atoms with van der Waals surface area (Å²) in [5.41, 5.74) is 0. The van der Waals surface area contributed by atoms with Gasteiger partial charge in [-0.15, -0.1) is 0 Å². The average Bonchev–Trinajstić information content (AvgIpc) is 2.70. The maximum Gasteiger partial charge on any atom is 0.255 e. The minimum absolute atomic E-state index is 0.203. The fourth-order valence-electron chi connectivity index (χ4n) is 3.65. The van der Waals surface area contributed by atoms with Crippen molar-refractivity contribution in [3.05, 3.63) is 0 Å². The number of ether oxygens (including phenoxy) is 1. The van der Waals surface area contributed by atoms with Crippen LogP contribution in [0.15, 0.2) is 0 Å². The van der Waals surface area contributed by atoms with E-state index in [-0.39, 0.29) is 23.7 Å². The van der Waals surface area contributed by atoms with Gasteiger partial charge in [0.1, 0.15) is 0 Å². The molecule has 0 radical (unpaired) electrons. The molecule has 16 heavy (non-hydrogen) atoms. The van der Waals surface area contributed by atoms with Crippen LogP contribution in [0.3, 0.4) is 0 Å². The van der Waals surface area contributed by atoms with Crippen LogP contribution in [0.1, 0.15) is 19.3 Å². The predicted octanol–water partition coefficient (Wildman–Crippen LogP) is 1.90. The van der Waals surface area contributed by atoms with Gasteiger partial charge < -0.3 is 10.1 Å². The number of nitrogens with one attached hydrogen (secondary N) is 1. The van der Waals surface area contributed by atoms with Crippen molar-refractivity contribution in [3.8, 4) is 0 Å². The maximum absolute atomic E-state index is 13.8. The molecule has 1 saturated carbocycles. The van der Waals surface area contributed by atoms with Crippen LogP contribution in [0.4, 0.5) is 8.78 Å². The topological polar surface area (TPSA) is 21.3 Å². The Morgan fingerprint density at radius 1 is 1.00 bits per heavy atom. The summed E-state index contributed by atoms with van der Waals surface area (Å²) in [4.78, 5) is 0. The van der Waals surface area contributed by atoms with Crippen molar-refractivity contribution < 1.29 is 13.5 Å². The van der Waals surface area contributed by atoms with Crippen molar-refractivity contribution in [2.45, 2.75) is 25.2 Å². The van der Waals surface area contributed by atoms with Gasteiger partial charge in [0.15, 0.2) is 0 Å². The molecule has 92 valence electrons. The molecular formula is C12H19F2NO. The van der Waals surface area contributed by atoms with E-state index in [0.717, 1.165) is 32.4 Å². The molecule has 0 aromatic heterocycles. The molecule has 0 aromatic carbocycles. The summed E-state index contributed by atoms with van der Waals surface area (Å²) < 4.78 is 32.9. The highest BCUT2D eigenvalue weighted by molar-refractivity contribution is 5.11.